The molecule has 14 heavy (non-hydrogen) atoms. The quantitative estimate of drug-likeness (QED) is 0.295. The van der Waals surface area contributed by atoms with Gasteiger partial charge < -0.3 is 21.7 Å². The third-order valence-electron chi connectivity index (χ3n) is 1.35. The van der Waals surface area contributed by atoms with Crippen LogP contribution in [0.2, 0.25) is 0 Å². The Hall–Kier alpha value is -1.67. The molecule has 0 spiro atoms. The molecule has 2 atom stereocenters. The van der Waals surface area contributed by atoms with E-state index in [2.05, 4.69) is 0 Å². The zero-order valence-corrected chi connectivity index (χ0v) is 7.14. The molecule has 0 aromatic rings. The Bertz CT molecular complexity index is 254. The highest BCUT2D eigenvalue weighted by atomic mass is 16.4. The van der Waals surface area contributed by atoms with Gasteiger partial charge in [-0.1, -0.05) is 0 Å². The van der Waals surface area contributed by atoms with Crippen molar-refractivity contribution in [2.75, 3.05) is 0 Å². The van der Waals surface area contributed by atoms with E-state index in [1.54, 1.807) is 0 Å². The summed E-state index contributed by atoms with van der Waals surface area (Å²) in [5.41, 5.74) is 9.76. The number of nitrogens with two attached hydrogens (primary N) is 2. The Labute approximate surface area is 78.9 Å². The van der Waals surface area contributed by atoms with Crippen molar-refractivity contribution in [1.82, 2.24) is 5.32 Å². The normalized spacial score (nSPS) is 14.4. The van der Waals surface area contributed by atoms with E-state index in [1.165, 1.54) is 0 Å². The lowest BCUT2D eigenvalue weighted by molar-refractivity contribution is -0.143. The number of rotatable bonds is 6. The van der Waals surface area contributed by atoms with Gasteiger partial charge in [-0.05, 0) is 0 Å². The molecule has 1 unspecified atom stereocenters. The molecule has 0 rings (SSSR count). The molecule has 8 nitrogen and oxygen atoms in total. The van der Waals surface area contributed by atoms with Crippen LogP contribution in [0.1, 0.15) is 6.42 Å². The van der Waals surface area contributed by atoms with Crippen LogP contribution in [-0.2, 0) is 14.4 Å². The zero-order valence-electron chi connectivity index (χ0n) is 7.14. The molecule has 0 bridgehead atoms. The van der Waals surface area contributed by atoms with Crippen LogP contribution in [0.5, 0.6) is 0 Å². The largest absolute Gasteiger partial charge is 0.480 e. The van der Waals surface area contributed by atoms with Gasteiger partial charge in [-0.2, -0.15) is 0 Å². The van der Waals surface area contributed by atoms with E-state index >= 15 is 0 Å². The van der Waals surface area contributed by atoms with Crippen LogP contribution in [0, 0.1) is 0 Å². The summed E-state index contributed by atoms with van der Waals surface area (Å²) >= 11 is 0. The van der Waals surface area contributed by atoms with Crippen LogP contribution in [0.25, 0.3) is 0 Å². The maximum atomic E-state index is 10.5. The molecule has 1 amide bonds. The maximum Gasteiger partial charge on any atom is 0.335 e. The third-order valence-corrected chi connectivity index (χ3v) is 1.35. The minimum atomic E-state index is -1.55. The van der Waals surface area contributed by atoms with Gasteiger partial charge in [0.15, 0.2) is 6.17 Å². The van der Waals surface area contributed by atoms with Crippen LogP contribution >= 0.6 is 0 Å². The van der Waals surface area contributed by atoms with Crippen molar-refractivity contribution in [3.05, 3.63) is 0 Å². The first-order valence-electron chi connectivity index (χ1n) is 3.60. The number of carbonyl (C=O) groups is 3. The lowest BCUT2D eigenvalue weighted by Crippen LogP contribution is -2.53. The second-order valence-corrected chi connectivity index (χ2v) is 2.54. The summed E-state index contributed by atoms with van der Waals surface area (Å²) in [6.45, 7) is 0. The number of nitrogens with one attached hydrogen (secondary N) is 1. The van der Waals surface area contributed by atoms with Gasteiger partial charge in [0.1, 0.15) is 6.04 Å². The van der Waals surface area contributed by atoms with Gasteiger partial charge in [0.05, 0.1) is 6.42 Å². The van der Waals surface area contributed by atoms with Gasteiger partial charge in [-0.3, -0.25) is 14.9 Å². The van der Waals surface area contributed by atoms with E-state index < -0.39 is 36.5 Å². The number of aliphatic carboxylic acids is 2. The van der Waals surface area contributed by atoms with Gasteiger partial charge in [-0.15, -0.1) is 0 Å². The first-order valence-corrected chi connectivity index (χ1v) is 3.60. The van der Waals surface area contributed by atoms with Crippen molar-refractivity contribution in [2.45, 2.75) is 18.6 Å². The first kappa shape index (κ1) is 12.3. The fourth-order valence-electron chi connectivity index (χ4n) is 0.707. The molecule has 0 aromatic heterocycles. The van der Waals surface area contributed by atoms with E-state index in [0.717, 1.165) is 0 Å². The van der Waals surface area contributed by atoms with Crippen molar-refractivity contribution in [1.29, 1.82) is 0 Å². The summed E-state index contributed by atoms with van der Waals surface area (Å²) in [6.07, 6.45) is -2.06. The monoisotopic (exact) mass is 205 g/mol. The number of carboxylic acids is 2. The molecule has 0 saturated heterocycles. The lowest BCUT2D eigenvalue weighted by Gasteiger charge is -2.15. The van der Waals surface area contributed by atoms with Crippen molar-refractivity contribution < 1.29 is 24.6 Å². The third kappa shape index (κ3) is 4.38. The Morgan fingerprint density at radius 3 is 2.00 bits per heavy atom. The van der Waals surface area contributed by atoms with Crippen molar-refractivity contribution >= 4 is 17.8 Å². The lowest BCUT2D eigenvalue weighted by atomic mass is 10.2. The van der Waals surface area contributed by atoms with Crippen molar-refractivity contribution in [3.8, 4) is 0 Å². The molecule has 7 N–H and O–H groups in total. The van der Waals surface area contributed by atoms with E-state index in [1.807, 2.05) is 5.32 Å². The summed E-state index contributed by atoms with van der Waals surface area (Å²) in [5.74, 6) is -3.66. The molecule has 80 valence electrons. The van der Waals surface area contributed by atoms with Gasteiger partial charge in [0.2, 0.25) is 5.91 Å². The van der Waals surface area contributed by atoms with Gasteiger partial charge in [0, 0.05) is 0 Å². The predicted molar refractivity (Wildman–Crippen MR) is 44.0 cm³/mol. The maximum absolute atomic E-state index is 10.5. The molecule has 0 aliphatic carbocycles. The Balaban J connectivity index is 4.30. The minimum absolute atomic E-state index is 0.518. The van der Waals surface area contributed by atoms with E-state index in [4.69, 9.17) is 21.7 Å². The van der Waals surface area contributed by atoms with E-state index in [0.29, 0.717) is 0 Å². The second-order valence-electron chi connectivity index (χ2n) is 2.54. The Morgan fingerprint density at radius 2 is 1.71 bits per heavy atom. The van der Waals surface area contributed by atoms with Gasteiger partial charge in [-0.25, -0.2) is 4.79 Å². The fourth-order valence-corrected chi connectivity index (χ4v) is 0.707. The van der Waals surface area contributed by atoms with Crippen LogP contribution in [0.4, 0.5) is 0 Å². The number of amides is 1. The average Bonchev–Trinajstić information content (AvgIpc) is 2.01. The molecule has 0 saturated carbocycles. The van der Waals surface area contributed by atoms with Crippen LogP contribution in [0.15, 0.2) is 0 Å². The second kappa shape index (κ2) is 5.14. The topological polar surface area (TPSA) is 156 Å². The number of carboxylic acid groups (broad SMARTS) is 2. The highest BCUT2D eigenvalue weighted by Gasteiger charge is 2.24. The summed E-state index contributed by atoms with van der Waals surface area (Å²) in [6, 6.07) is -1.39. The summed E-state index contributed by atoms with van der Waals surface area (Å²) in [4.78, 5) is 31.1. The van der Waals surface area contributed by atoms with Gasteiger partial charge >= 0.3 is 11.9 Å². The molecular weight excluding hydrogens is 194 g/mol. The average molecular weight is 205 g/mol. The van der Waals surface area contributed by atoms with Crippen molar-refractivity contribution in [3.63, 3.8) is 0 Å². The number of hydrogen-bond donors (Lipinski definition) is 5. The van der Waals surface area contributed by atoms with Crippen molar-refractivity contribution in [2.24, 2.45) is 11.5 Å². The van der Waals surface area contributed by atoms with Crippen LogP contribution in [-0.4, -0.2) is 40.3 Å². The Morgan fingerprint density at radius 1 is 1.21 bits per heavy atom. The summed E-state index contributed by atoms with van der Waals surface area (Å²) in [5, 5.41) is 18.9. The summed E-state index contributed by atoms with van der Waals surface area (Å²) < 4.78 is 0. The molecule has 0 heterocycles. The van der Waals surface area contributed by atoms with Gasteiger partial charge in [0.25, 0.3) is 0 Å². The molecule has 0 fully saturated rings. The van der Waals surface area contributed by atoms with Crippen LogP contribution < -0.4 is 16.8 Å². The Kier molecular flexibility index (Phi) is 4.53. The molecule has 0 aliphatic heterocycles. The number of carbonyl (C=O) groups excluding carboxylic acids is 1. The first-order chi connectivity index (χ1) is 6.34. The zero-order chi connectivity index (χ0) is 11.3. The predicted octanol–water partition coefficient (Wildman–Crippen LogP) is -2.73. The molecular formula is C6H11N3O5. The fraction of sp³-hybridized carbons (Fsp3) is 0.500. The molecule has 0 radical (unpaired) electrons. The minimum Gasteiger partial charge on any atom is -0.480 e. The number of primary amides is 1. The SMILES string of the molecule is NC(=O)C[C@H](NC(N)C(=O)O)C(=O)O. The summed E-state index contributed by atoms with van der Waals surface area (Å²) in [7, 11) is 0. The highest BCUT2D eigenvalue weighted by molar-refractivity contribution is 5.84. The molecule has 8 heteroatoms. The molecule has 0 aliphatic rings. The smallest absolute Gasteiger partial charge is 0.335 e. The van der Waals surface area contributed by atoms with E-state index in [9.17, 15) is 14.4 Å². The highest BCUT2D eigenvalue weighted by Crippen LogP contribution is 1.92. The standard InChI is InChI=1S/C6H11N3O5/c7-3(10)1-2(5(11)12)9-4(8)6(13)14/h2,4,9H,1,8H2,(H2,7,10)(H,11,12)(H,13,14)/t2-,4?/m0/s1. The van der Waals surface area contributed by atoms with E-state index in [-0.39, 0.29) is 0 Å². The number of hydrogen-bond acceptors (Lipinski definition) is 5. The van der Waals surface area contributed by atoms with Crippen LogP contribution in [0.3, 0.4) is 0 Å². The molecule has 0 aromatic carbocycles.